The van der Waals surface area contributed by atoms with Gasteiger partial charge in [-0.25, -0.2) is 0 Å². The van der Waals surface area contributed by atoms with E-state index in [1.54, 1.807) is 0 Å². The summed E-state index contributed by atoms with van der Waals surface area (Å²) in [6.07, 6.45) is 22.8. The Balaban J connectivity index is 2.87. The minimum absolute atomic E-state index is 0.730. The lowest BCUT2D eigenvalue weighted by Gasteiger charge is -2.09. The van der Waals surface area contributed by atoms with Gasteiger partial charge in [-0.3, -0.25) is 9.59 Å². The van der Waals surface area contributed by atoms with Gasteiger partial charge >= 0.3 is 0 Å². The molecular formula is C27H36O2. The molecule has 1 aromatic rings. The van der Waals surface area contributed by atoms with Crippen LogP contribution < -0.4 is 0 Å². The molecule has 0 bridgehead atoms. The molecule has 0 radical (unpaired) electrons. The van der Waals surface area contributed by atoms with Crippen molar-refractivity contribution < 1.29 is 9.59 Å². The molecule has 0 aliphatic heterocycles. The fourth-order valence-electron chi connectivity index (χ4n) is 3.10. The summed E-state index contributed by atoms with van der Waals surface area (Å²) in [7, 11) is 0. The van der Waals surface area contributed by atoms with Crippen molar-refractivity contribution in [2.75, 3.05) is 0 Å². The third kappa shape index (κ3) is 10.6. The van der Waals surface area contributed by atoms with Gasteiger partial charge in [0.1, 0.15) is 12.6 Å². The molecule has 0 saturated carbocycles. The molecule has 0 spiro atoms. The maximum absolute atomic E-state index is 11.9. The third-order valence-corrected chi connectivity index (χ3v) is 4.88. The number of carbonyl (C=O) groups is 2. The smallest absolute Gasteiger partial charge is 0.146 e. The molecule has 0 N–H and O–H groups in total. The fourth-order valence-corrected chi connectivity index (χ4v) is 3.10. The monoisotopic (exact) mass is 392 g/mol. The molecular weight excluding hydrogens is 356 g/mol. The summed E-state index contributed by atoms with van der Waals surface area (Å²) in [4.78, 5) is 22.1. The lowest BCUT2D eigenvalue weighted by Crippen LogP contribution is -1.93. The van der Waals surface area contributed by atoms with Gasteiger partial charge in [0.05, 0.1) is 0 Å². The molecule has 1 rings (SSSR count). The normalized spacial score (nSPS) is 12.8. The van der Waals surface area contributed by atoms with Crippen molar-refractivity contribution in [1.29, 1.82) is 0 Å². The highest BCUT2D eigenvalue weighted by molar-refractivity contribution is 5.92. The Morgan fingerprint density at radius 2 is 1.55 bits per heavy atom. The van der Waals surface area contributed by atoms with Crippen LogP contribution in [0.5, 0.6) is 0 Å². The molecule has 0 aliphatic rings. The van der Waals surface area contributed by atoms with Gasteiger partial charge < -0.3 is 0 Å². The second-order valence-corrected chi connectivity index (χ2v) is 7.16. The highest BCUT2D eigenvalue weighted by atomic mass is 16.1. The van der Waals surface area contributed by atoms with Gasteiger partial charge in [0.2, 0.25) is 0 Å². The second-order valence-electron chi connectivity index (χ2n) is 7.16. The van der Waals surface area contributed by atoms with Crippen molar-refractivity contribution in [2.24, 2.45) is 0 Å². The van der Waals surface area contributed by atoms with Crippen LogP contribution in [0.15, 0.2) is 66.3 Å². The van der Waals surface area contributed by atoms with E-state index in [1.165, 1.54) is 30.9 Å². The number of aryl methyl sites for hydroxylation is 1. The van der Waals surface area contributed by atoms with E-state index in [9.17, 15) is 9.59 Å². The predicted molar refractivity (Wildman–Crippen MR) is 125 cm³/mol. The number of aldehydes is 2. The number of rotatable bonds is 15. The van der Waals surface area contributed by atoms with Crippen molar-refractivity contribution in [2.45, 2.75) is 71.6 Å². The fraction of sp³-hybridized carbons (Fsp3) is 0.407. The van der Waals surface area contributed by atoms with E-state index in [4.69, 9.17) is 0 Å². The molecule has 1 aromatic carbocycles. The first-order chi connectivity index (χ1) is 14.3. The molecule has 0 aliphatic carbocycles. The molecule has 0 saturated heterocycles. The van der Waals surface area contributed by atoms with Crippen LogP contribution in [0.3, 0.4) is 0 Å². The Labute approximate surface area is 177 Å². The van der Waals surface area contributed by atoms with Crippen molar-refractivity contribution in [3.63, 3.8) is 0 Å². The van der Waals surface area contributed by atoms with Crippen molar-refractivity contribution in [3.8, 4) is 0 Å². The van der Waals surface area contributed by atoms with E-state index in [0.717, 1.165) is 67.8 Å². The Morgan fingerprint density at radius 3 is 2.21 bits per heavy atom. The van der Waals surface area contributed by atoms with Crippen LogP contribution in [0, 0.1) is 0 Å². The lowest BCUT2D eigenvalue weighted by molar-refractivity contribution is -0.105. The molecule has 0 unspecified atom stereocenters. The molecule has 29 heavy (non-hydrogen) atoms. The third-order valence-electron chi connectivity index (χ3n) is 4.88. The van der Waals surface area contributed by atoms with Gasteiger partial charge in [-0.15, -0.1) is 0 Å². The van der Waals surface area contributed by atoms with Crippen molar-refractivity contribution in [1.82, 2.24) is 0 Å². The minimum Gasteiger partial charge on any atom is -0.299 e. The van der Waals surface area contributed by atoms with E-state index < -0.39 is 0 Å². The van der Waals surface area contributed by atoms with E-state index >= 15 is 0 Å². The number of unbranched alkanes of at least 4 members (excludes halogenated alkanes) is 4. The van der Waals surface area contributed by atoms with Gasteiger partial charge in [-0.2, -0.15) is 0 Å². The summed E-state index contributed by atoms with van der Waals surface area (Å²) in [6, 6.07) is 8.55. The van der Waals surface area contributed by atoms with Crippen LogP contribution in [-0.4, -0.2) is 12.6 Å². The summed E-state index contributed by atoms with van der Waals surface area (Å²) in [5.41, 5.74) is 4.31. The molecule has 0 fully saturated rings. The van der Waals surface area contributed by atoms with Gasteiger partial charge in [0.15, 0.2) is 0 Å². The molecule has 0 heterocycles. The lowest BCUT2D eigenvalue weighted by atomic mass is 9.95. The first-order valence-corrected chi connectivity index (χ1v) is 11.0. The van der Waals surface area contributed by atoms with E-state index in [2.05, 4.69) is 62.4 Å². The van der Waals surface area contributed by atoms with Crippen molar-refractivity contribution in [3.05, 3.63) is 77.4 Å². The average Bonchev–Trinajstić information content (AvgIpc) is 2.76. The topological polar surface area (TPSA) is 34.1 Å². The number of carbonyl (C=O) groups excluding carboxylic acids is 2. The molecule has 0 aromatic heterocycles. The summed E-state index contributed by atoms with van der Waals surface area (Å²) >= 11 is 0. The Hall–Kier alpha value is -2.48. The summed E-state index contributed by atoms with van der Waals surface area (Å²) < 4.78 is 0. The van der Waals surface area contributed by atoms with Crippen LogP contribution in [0.1, 0.15) is 76.3 Å². The van der Waals surface area contributed by atoms with E-state index in [1.807, 2.05) is 6.08 Å². The maximum atomic E-state index is 11.9. The van der Waals surface area contributed by atoms with Crippen LogP contribution in [0.25, 0.3) is 5.57 Å². The second kappa shape index (κ2) is 16.5. The largest absolute Gasteiger partial charge is 0.299 e. The molecule has 0 atom stereocenters. The van der Waals surface area contributed by atoms with Crippen LogP contribution in [0.4, 0.5) is 0 Å². The SMILES string of the molecule is CCCCCC=CC(=C(C=O)CCC=CCCC=CC=O)c1ccc(CC)cc1. The van der Waals surface area contributed by atoms with Crippen molar-refractivity contribution >= 4 is 18.1 Å². The number of benzene rings is 1. The van der Waals surface area contributed by atoms with E-state index in [0.29, 0.717) is 0 Å². The zero-order chi connectivity index (χ0) is 21.2. The first-order valence-electron chi connectivity index (χ1n) is 11.0. The van der Waals surface area contributed by atoms with Gasteiger partial charge in [0, 0.05) is 0 Å². The van der Waals surface area contributed by atoms with Gasteiger partial charge in [0.25, 0.3) is 0 Å². The highest BCUT2D eigenvalue weighted by Gasteiger charge is 2.06. The highest BCUT2D eigenvalue weighted by Crippen LogP contribution is 2.24. The number of hydrogen-bond donors (Lipinski definition) is 0. The first kappa shape index (κ1) is 24.6. The maximum Gasteiger partial charge on any atom is 0.146 e. The van der Waals surface area contributed by atoms with Gasteiger partial charge in [-0.1, -0.05) is 81.3 Å². The van der Waals surface area contributed by atoms with Gasteiger partial charge in [-0.05, 0) is 73.3 Å². The quantitative estimate of drug-likeness (QED) is 0.104. The Bertz CT molecular complexity index is 703. The van der Waals surface area contributed by atoms with Crippen LogP contribution in [0.2, 0.25) is 0 Å². The molecule has 2 heteroatoms. The molecule has 156 valence electrons. The summed E-state index contributed by atoms with van der Waals surface area (Å²) in [6.45, 7) is 4.36. The summed E-state index contributed by atoms with van der Waals surface area (Å²) in [5, 5.41) is 0. The zero-order valence-corrected chi connectivity index (χ0v) is 18.1. The molecule has 2 nitrogen and oxygen atoms in total. The zero-order valence-electron chi connectivity index (χ0n) is 18.1. The van der Waals surface area contributed by atoms with Crippen LogP contribution >= 0.6 is 0 Å². The van der Waals surface area contributed by atoms with Crippen LogP contribution in [-0.2, 0) is 16.0 Å². The minimum atomic E-state index is 0.730. The van der Waals surface area contributed by atoms with E-state index in [-0.39, 0.29) is 0 Å². The Kier molecular flexibility index (Phi) is 13.9. The number of allylic oxidation sites excluding steroid dienone is 8. The Morgan fingerprint density at radius 1 is 0.828 bits per heavy atom. The number of hydrogen-bond acceptors (Lipinski definition) is 2. The molecule has 0 amide bonds. The standard InChI is InChI=1S/C27H36O2/c1-3-5-6-10-14-17-27(25-20-18-24(4-2)19-21-25)26(23-29)16-13-11-8-7-9-12-15-22-28/h8,11-12,14-15,17-23H,3-7,9-10,13,16H2,1-2H3. The predicted octanol–water partition coefficient (Wildman–Crippen LogP) is 7.21. The summed E-state index contributed by atoms with van der Waals surface area (Å²) in [5.74, 6) is 0. The average molecular weight is 393 g/mol.